The zero-order valence-corrected chi connectivity index (χ0v) is 11.9. The Balaban J connectivity index is 3.04. The van der Waals surface area contributed by atoms with Crippen LogP contribution in [-0.2, 0) is 9.59 Å². The number of carbonyl (C=O) groups excluding carboxylic acids is 1. The molecule has 106 valence electrons. The van der Waals surface area contributed by atoms with Gasteiger partial charge in [0, 0.05) is 24.3 Å². The molecule has 0 aromatic carbocycles. The van der Waals surface area contributed by atoms with Gasteiger partial charge in [-0.25, -0.2) is 4.79 Å². The summed E-state index contributed by atoms with van der Waals surface area (Å²) in [6.07, 6.45) is 5.03. The summed E-state index contributed by atoms with van der Waals surface area (Å²) in [5.74, 6) is -1.04. The van der Waals surface area contributed by atoms with Gasteiger partial charge in [-0.2, -0.15) is 0 Å². The Morgan fingerprint density at radius 3 is 2.47 bits per heavy atom. The molecule has 1 rings (SSSR count). The van der Waals surface area contributed by atoms with Gasteiger partial charge in [0.1, 0.15) is 5.78 Å². The molecule has 4 nitrogen and oxygen atoms in total. The van der Waals surface area contributed by atoms with E-state index in [1.165, 1.54) is 0 Å². The first-order valence-electron chi connectivity index (χ1n) is 6.43. The highest BCUT2D eigenvalue weighted by Gasteiger charge is 2.50. The van der Waals surface area contributed by atoms with E-state index in [2.05, 4.69) is 0 Å². The Hall–Kier alpha value is -1.42. The number of hydrogen-bond donors (Lipinski definition) is 2. The number of ketones is 1. The van der Waals surface area contributed by atoms with Crippen molar-refractivity contribution < 1.29 is 19.8 Å². The molecule has 0 spiro atoms. The van der Waals surface area contributed by atoms with Gasteiger partial charge >= 0.3 is 5.97 Å². The fraction of sp³-hybridized carbons (Fsp3) is 0.600. The molecule has 0 heterocycles. The van der Waals surface area contributed by atoms with Crippen molar-refractivity contribution in [2.75, 3.05) is 0 Å². The maximum atomic E-state index is 11.6. The molecule has 4 heteroatoms. The van der Waals surface area contributed by atoms with Crippen LogP contribution >= 0.6 is 0 Å². The van der Waals surface area contributed by atoms with E-state index in [0.717, 1.165) is 6.08 Å². The Kier molecular flexibility index (Phi) is 4.35. The van der Waals surface area contributed by atoms with Crippen LogP contribution in [0.1, 0.15) is 40.5 Å². The number of Topliss-reactive ketones (excluding diaryl/α,β-unsaturated/α-hetero) is 1. The van der Waals surface area contributed by atoms with Crippen LogP contribution in [0.3, 0.4) is 0 Å². The Labute approximate surface area is 113 Å². The van der Waals surface area contributed by atoms with Crippen molar-refractivity contribution in [3.63, 3.8) is 0 Å². The summed E-state index contributed by atoms with van der Waals surface area (Å²) in [4.78, 5) is 22.2. The summed E-state index contributed by atoms with van der Waals surface area (Å²) in [5.41, 5.74) is -1.10. The van der Waals surface area contributed by atoms with E-state index in [-0.39, 0.29) is 11.7 Å². The van der Waals surface area contributed by atoms with Crippen LogP contribution in [0.5, 0.6) is 0 Å². The normalized spacial score (nSPS) is 31.7. The third-order valence-corrected chi connectivity index (χ3v) is 3.96. The molecule has 0 saturated heterocycles. The minimum absolute atomic E-state index is 0.161. The molecule has 1 aliphatic carbocycles. The SMILES string of the molecule is CC(=C/C(=O)O)/C=C/[C@@]1(O)[C@@H](C)CC(=O)CC1(C)C. The maximum absolute atomic E-state index is 11.6. The summed E-state index contributed by atoms with van der Waals surface area (Å²) in [6, 6.07) is 0. The van der Waals surface area contributed by atoms with E-state index < -0.39 is 17.0 Å². The van der Waals surface area contributed by atoms with E-state index in [0.29, 0.717) is 18.4 Å². The number of aliphatic hydroxyl groups is 1. The number of hydrogen-bond acceptors (Lipinski definition) is 3. The fourth-order valence-corrected chi connectivity index (χ4v) is 2.76. The minimum atomic E-state index is -1.10. The van der Waals surface area contributed by atoms with Crippen LogP contribution < -0.4 is 0 Å². The van der Waals surface area contributed by atoms with Crippen molar-refractivity contribution in [2.45, 2.75) is 46.1 Å². The van der Waals surface area contributed by atoms with Crippen LogP contribution in [0, 0.1) is 11.3 Å². The van der Waals surface area contributed by atoms with Crippen LogP contribution in [0.4, 0.5) is 0 Å². The van der Waals surface area contributed by atoms with Crippen molar-refractivity contribution in [1.82, 2.24) is 0 Å². The largest absolute Gasteiger partial charge is 0.478 e. The first kappa shape index (κ1) is 15.6. The summed E-state index contributed by atoms with van der Waals surface area (Å²) in [6.45, 7) is 7.24. The lowest BCUT2D eigenvalue weighted by atomic mass is 9.60. The van der Waals surface area contributed by atoms with Crippen molar-refractivity contribution in [3.05, 3.63) is 23.8 Å². The summed E-state index contributed by atoms with van der Waals surface area (Å²) < 4.78 is 0. The van der Waals surface area contributed by atoms with Gasteiger partial charge < -0.3 is 10.2 Å². The predicted molar refractivity (Wildman–Crippen MR) is 72.7 cm³/mol. The number of aliphatic carboxylic acids is 1. The average molecular weight is 266 g/mol. The van der Waals surface area contributed by atoms with Crippen LogP contribution in [0.15, 0.2) is 23.8 Å². The van der Waals surface area contributed by atoms with Gasteiger partial charge in [-0.05, 0) is 18.4 Å². The minimum Gasteiger partial charge on any atom is -0.478 e. The van der Waals surface area contributed by atoms with E-state index in [4.69, 9.17) is 5.11 Å². The molecule has 0 amide bonds. The molecule has 2 atom stereocenters. The predicted octanol–water partition coefficient (Wildman–Crippen LogP) is 2.33. The topological polar surface area (TPSA) is 74.6 Å². The molecule has 0 aliphatic heterocycles. The number of carbonyl (C=O) groups is 2. The number of carboxylic acids is 1. The molecule has 0 unspecified atom stereocenters. The van der Waals surface area contributed by atoms with Gasteiger partial charge in [0.2, 0.25) is 0 Å². The van der Waals surface area contributed by atoms with E-state index in [1.807, 2.05) is 20.8 Å². The Morgan fingerprint density at radius 1 is 1.42 bits per heavy atom. The van der Waals surface area contributed by atoms with Crippen molar-refractivity contribution in [1.29, 1.82) is 0 Å². The zero-order valence-electron chi connectivity index (χ0n) is 11.9. The number of rotatable bonds is 3. The molecule has 1 saturated carbocycles. The lowest BCUT2D eigenvalue weighted by Crippen LogP contribution is -2.53. The highest BCUT2D eigenvalue weighted by molar-refractivity contribution is 5.81. The average Bonchev–Trinajstić information content (AvgIpc) is 2.21. The van der Waals surface area contributed by atoms with E-state index in [9.17, 15) is 14.7 Å². The third-order valence-electron chi connectivity index (χ3n) is 3.96. The van der Waals surface area contributed by atoms with E-state index >= 15 is 0 Å². The number of carboxylic acid groups (broad SMARTS) is 1. The second-order valence-electron chi connectivity index (χ2n) is 6.09. The van der Waals surface area contributed by atoms with Crippen molar-refractivity contribution in [2.24, 2.45) is 11.3 Å². The molecular weight excluding hydrogens is 244 g/mol. The highest BCUT2D eigenvalue weighted by atomic mass is 16.4. The quantitative estimate of drug-likeness (QED) is 0.607. The van der Waals surface area contributed by atoms with Crippen molar-refractivity contribution in [3.8, 4) is 0 Å². The number of allylic oxidation sites excluding steroid dienone is 2. The van der Waals surface area contributed by atoms with Gasteiger partial charge in [-0.1, -0.05) is 32.9 Å². The molecule has 0 aromatic heterocycles. The summed E-state index contributed by atoms with van der Waals surface area (Å²) in [5, 5.41) is 19.5. The Bertz CT molecular complexity index is 445. The maximum Gasteiger partial charge on any atom is 0.328 e. The summed E-state index contributed by atoms with van der Waals surface area (Å²) in [7, 11) is 0. The van der Waals surface area contributed by atoms with E-state index in [1.54, 1.807) is 19.1 Å². The zero-order chi connectivity index (χ0) is 14.8. The lowest BCUT2D eigenvalue weighted by molar-refractivity contribution is -0.142. The van der Waals surface area contributed by atoms with Gasteiger partial charge in [-0.15, -0.1) is 0 Å². The molecule has 0 radical (unpaired) electrons. The molecular formula is C15H22O4. The van der Waals surface area contributed by atoms with Gasteiger partial charge in [0.05, 0.1) is 5.60 Å². The molecule has 2 N–H and O–H groups in total. The monoisotopic (exact) mass is 266 g/mol. The molecule has 19 heavy (non-hydrogen) atoms. The van der Waals surface area contributed by atoms with Crippen LogP contribution in [-0.4, -0.2) is 27.6 Å². The lowest BCUT2D eigenvalue weighted by Gasteiger charge is -2.48. The van der Waals surface area contributed by atoms with Gasteiger partial charge in [0.25, 0.3) is 0 Å². The smallest absolute Gasteiger partial charge is 0.328 e. The Morgan fingerprint density at radius 2 is 2.00 bits per heavy atom. The van der Waals surface area contributed by atoms with Crippen LogP contribution in [0.2, 0.25) is 0 Å². The van der Waals surface area contributed by atoms with Gasteiger partial charge in [0.15, 0.2) is 0 Å². The first-order valence-corrected chi connectivity index (χ1v) is 6.43. The second kappa shape index (κ2) is 5.29. The highest BCUT2D eigenvalue weighted by Crippen LogP contribution is 2.46. The fourth-order valence-electron chi connectivity index (χ4n) is 2.76. The van der Waals surface area contributed by atoms with Gasteiger partial charge in [-0.3, -0.25) is 4.79 Å². The first-order chi connectivity index (χ1) is 8.58. The molecule has 0 aromatic rings. The van der Waals surface area contributed by atoms with Crippen LogP contribution in [0.25, 0.3) is 0 Å². The molecule has 0 bridgehead atoms. The molecule has 1 fully saturated rings. The molecule has 1 aliphatic rings. The standard InChI is InChI=1S/C15H22O4/c1-10(7-13(17)18)5-6-15(19)11(2)8-12(16)9-14(15,3)4/h5-7,11,19H,8-9H2,1-4H3,(H,17,18)/b6-5+,10-7-/t11-,15+/m0/s1. The third kappa shape index (κ3) is 3.32. The second-order valence-corrected chi connectivity index (χ2v) is 6.09. The summed E-state index contributed by atoms with van der Waals surface area (Å²) >= 11 is 0. The van der Waals surface area contributed by atoms with Crippen molar-refractivity contribution >= 4 is 11.8 Å².